The quantitative estimate of drug-likeness (QED) is 0.271. The minimum atomic E-state index is -0.410. The number of aromatic hydroxyl groups is 1. The zero-order valence-corrected chi connectivity index (χ0v) is 23.6. The topological polar surface area (TPSA) is 107 Å². The number of carbonyl (C=O) groups is 1. The fraction of sp³-hybridized carbons (Fsp3) is 0.536. The van der Waals surface area contributed by atoms with E-state index >= 15 is 0 Å². The number of aliphatic hydroxyl groups excluding tert-OH is 1. The monoisotopic (exact) mass is 575 g/mol. The van der Waals surface area contributed by atoms with E-state index in [9.17, 15) is 15.0 Å². The second kappa shape index (κ2) is 11.2. The summed E-state index contributed by atoms with van der Waals surface area (Å²) in [4.78, 5) is 15.6. The predicted molar refractivity (Wildman–Crippen MR) is 148 cm³/mol. The highest BCUT2D eigenvalue weighted by atomic mass is 33.1. The number of fused-ring (bicyclic) bond motifs is 3. The molecule has 2 N–H and O–H groups in total. The minimum absolute atomic E-state index is 0.0139. The molecule has 6 rings (SSSR count). The van der Waals surface area contributed by atoms with Crippen LogP contribution in [0, 0.1) is 11.8 Å². The Labute approximate surface area is 235 Å². The van der Waals surface area contributed by atoms with Crippen LogP contribution in [0.15, 0.2) is 24.3 Å². The fourth-order valence-electron chi connectivity index (χ4n) is 6.25. The molecule has 9 nitrogen and oxygen atoms in total. The molecule has 0 saturated carbocycles. The van der Waals surface area contributed by atoms with E-state index in [2.05, 4.69) is 11.0 Å². The number of β-amino-alcohol motifs (C(OH)–C–C–N with tert-alkyl or cyclic N) is 1. The maximum atomic E-state index is 13.3. The molecule has 5 atom stereocenters. The van der Waals surface area contributed by atoms with Crippen molar-refractivity contribution in [2.45, 2.75) is 30.1 Å². The number of benzene rings is 2. The van der Waals surface area contributed by atoms with E-state index in [1.165, 1.54) is 14.2 Å². The molecule has 2 aromatic carbocycles. The van der Waals surface area contributed by atoms with Gasteiger partial charge in [-0.2, -0.15) is 0 Å². The lowest BCUT2D eigenvalue weighted by Gasteiger charge is -2.38. The van der Waals surface area contributed by atoms with Gasteiger partial charge in [0.2, 0.25) is 12.5 Å². The van der Waals surface area contributed by atoms with Gasteiger partial charge in [-0.1, -0.05) is 21.6 Å². The number of piperidine rings is 1. The SMILES string of the molecule is COc1cc([C@@H]2c3cc4c(cc3[C@@H](SSCCN3CCCC(O)C3)[C@H]3COC(=O)[C@H]23)OCO4)cc(OC)c1O. The Morgan fingerprint density at radius 1 is 1.05 bits per heavy atom. The average molecular weight is 576 g/mol. The number of phenols is 1. The van der Waals surface area contributed by atoms with E-state index in [1.807, 2.05) is 6.07 Å². The lowest BCUT2D eigenvalue weighted by atomic mass is 9.67. The number of esters is 1. The lowest BCUT2D eigenvalue weighted by Crippen LogP contribution is -2.39. The summed E-state index contributed by atoms with van der Waals surface area (Å²) in [5.74, 6) is 1.73. The van der Waals surface area contributed by atoms with E-state index in [0.29, 0.717) is 18.1 Å². The van der Waals surface area contributed by atoms with Gasteiger partial charge in [0.25, 0.3) is 0 Å². The Balaban J connectivity index is 1.35. The van der Waals surface area contributed by atoms with Gasteiger partial charge in [0.05, 0.1) is 32.8 Å². The molecule has 2 fully saturated rings. The summed E-state index contributed by atoms with van der Waals surface area (Å²) in [5, 5.41) is 20.6. The van der Waals surface area contributed by atoms with Gasteiger partial charge < -0.3 is 33.9 Å². The van der Waals surface area contributed by atoms with Crippen molar-refractivity contribution in [1.29, 1.82) is 0 Å². The molecule has 0 spiro atoms. The second-order valence-electron chi connectivity index (χ2n) is 10.3. The van der Waals surface area contributed by atoms with E-state index in [4.69, 9.17) is 23.7 Å². The normalized spacial score (nSPS) is 27.6. The molecule has 3 heterocycles. The number of rotatable bonds is 8. The van der Waals surface area contributed by atoms with Crippen molar-refractivity contribution in [3.63, 3.8) is 0 Å². The first kappa shape index (κ1) is 26.7. The number of hydrogen-bond acceptors (Lipinski definition) is 11. The first-order chi connectivity index (χ1) is 19.0. The van der Waals surface area contributed by atoms with Gasteiger partial charge in [0, 0.05) is 35.9 Å². The predicted octanol–water partition coefficient (Wildman–Crippen LogP) is 3.95. The summed E-state index contributed by atoms with van der Waals surface area (Å²) >= 11 is 0. The van der Waals surface area contributed by atoms with Gasteiger partial charge in [-0.15, -0.1) is 0 Å². The first-order valence-corrected chi connectivity index (χ1v) is 15.6. The van der Waals surface area contributed by atoms with Crippen molar-refractivity contribution in [3.8, 4) is 28.7 Å². The van der Waals surface area contributed by atoms with E-state index in [0.717, 1.165) is 54.9 Å². The van der Waals surface area contributed by atoms with Gasteiger partial charge in [-0.25, -0.2) is 0 Å². The zero-order chi connectivity index (χ0) is 27.1. The zero-order valence-electron chi connectivity index (χ0n) is 22.0. The molecule has 1 unspecified atom stereocenters. The maximum absolute atomic E-state index is 13.3. The van der Waals surface area contributed by atoms with Crippen molar-refractivity contribution in [3.05, 3.63) is 41.0 Å². The third kappa shape index (κ3) is 4.98. The maximum Gasteiger partial charge on any atom is 0.310 e. The first-order valence-electron chi connectivity index (χ1n) is 13.2. The Bertz CT molecular complexity index is 1220. The second-order valence-corrected chi connectivity index (χ2v) is 13.0. The lowest BCUT2D eigenvalue weighted by molar-refractivity contribution is -0.141. The molecule has 0 amide bonds. The van der Waals surface area contributed by atoms with Crippen LogP contribution >= 0.6 is 21.6 Å². The summed E-state index contributed by atoms with van der Waals surface area (Å²) in [6.45, 7) is 3.17. The minimum Gasteiger partial charge on any atom is -0.502 e. The van der Waals surface area contributed by atoms with Crippen LogP contribution in [0.3, 0.4) is 0 Å². The highest BCUT2D eigenvalue weighted by molar-refractivity contribution is 8.76. The van der Waals surface area contributed by atoms with Crippen LogP contribution in [0.4, 0.5) is 0 Å². The number of likely N-dealkylation sites (tertiary alicyclic amines) is 1. The molecular weight excluding hydrogens is 542 g/mol. The number of nitrogens with zero attached hydrogens (tertiary/aromatic N) is 1. The number of methoxy groups -OCH3 is 2. The van der Waals surface area contributed by atoms with Crippen LogP contribution in [-0.2, 0) is 9.53 Å². The molecular formula is C28H33NO8S2. The van der Waals surface area contributed by atoms with Crippen molar-refractivity contribution in [1.82, 2.24) is 4.90 Å². The van der Waals surface area contributed by atoms with Gasteiger partial charge in [0.15, 0.2) is 23.0 Å². The molecule has 2 saturated heterocycles. The van der Waals surface area contributed by atoms with Gasteiger partial charge in [-0.3, -0.25) is 9.69 Å². The van der Waals surface area contributed by atoms with Crippen LogP contribution in [0.5, 0.6) is 28.7 Å². The highest BCUT2D eigenvalue weighted by Gasteiger charge is 2.53. The van der Waals surface area contributed by atoms with Crippen LogP contribution < -0.4 is 18.9 Å². The van der Waals surface area contributed by atoms with E-state index in [-0.39, 0.29) is 53.2 Å². The smallest absolute Gasteiger partial charge is 0.310 e. The molecule has 39 heavy (non-hydrogen) atoms. The number of phenolic OH excluding ortho intramolecular Hbond substituents is 1. The Morgan fingerprint density at radius 2 is 1.77 bits per heavy atom. The van der Waals surface area contributed by atoms with Crippen LogP contribution in [-0.4, -0.2) is 80.2 Å². The molecule has 2 aromatic rings. The molecule has 4 aliphatic rings. The summed E-state index contributed by atoms with van der Waals surface area (Å²) in [7, 11) is 6.56. The number of cyclic esters (lactones) is 1. The summed E-state index contributed by atoms with van der Waals surface area (Å²) in [6, 6.07) is 7.59. The van der Waals surface area contributed by atoms with E-state index in [1.54, 1.807) is 33.7 Å². The largest absolute Gasteiger partial charge is 0.502 e. The number of aliphatic hydroxyl groups is 1. The van der Waals surface area contributed by atoms with Crippen LogP contribution in [0.25, 0.3) is 0 Å². The highest BCUT2D eigenvalue weighted by Crippen LogP contribution is 2.60. The standard InChI is InChI=1S/C28H33NO8S2/c1-33-22-8-15(9-23(34-2)26(22)31)24-17-10-20-21(37-14-36-20)11-18(17)27(19-13-35-28(32)25(19)24)39-38-7-6-29-5-3-4-16(30)12-29/h8-11,16,19,24-25,27,30-31H,3-7,12-14H2,1-2H3/t16?,19-,24+,25-,27+/m0/s1. The van der Waals surface area contributed by atoms with Crippen molar-refractivity contribution >= 4 is 27.6 Å². The molecule has 1 aliphatic carbocycles. The summed E-state index contributed by atoms with van der Waals surface area (Å²) in [6.07, 6.45) is 1.67. The third-order valence-electron chi connectivity index (χ3n) is 8.12. The van der Waals surface area contributed by atoms with Crippen molar-refractivity contribution < 1.29 is 38.7 Å². The van der Waals surface area contributed by atoms with Crippen LogP contribution in [0.2, 0.25) is 0 Å². The number of hydrogen-bond donors (Lipinski definition) is 2. The summed E-state index contributed by atoms with van der Waals surface area (Å²) in [5.41, 5.74) is 2.88. The fourth-order valence-corrected chi connectivity index (χ4v) is 9.22. The van der Waals surface area contributed by atoms with Gasteiger partial charge >= 0.3 is 5.97 Å². The molecule has 0 aromatic heterocycles. The Kier molecular flexibility index (Phi) is 7.67. The van der Waals surface area contributed by atoms with E-state index < -0.39 is 5.92 Å². The van der Waals surface area contributed by atoms with Crippen molar-refractivity contribution in [2.75, 3.05) is 53.0 Å². The Hall–Kier alpha value is -2.47. The third-order valence-corrected chi connectivity index (χ3v) is 11.0. The van der Waals surface area contributed by atoms with Crippen LogP contribution in [0.1, 0.15) is 40.7 Å². The molecule has 3 aliphatic heterocycles. The van der Waals surface area contributed by atoms with Gasteiger partial charge in [0.1, 0.15) is 0 Å². The molecule has 11 heteroatoms. The molecule has 0 bridgehead atoms. The van der Waals surface area contributed by atoms with Crippen molar-refractivity contribution in [2.24, 2.45) is 11.8 Å². The summed E-state index contributed by atoms with van der Waals surface area (Å²) < 4.78 is 28.1. The Morgan fingerprint density at radius 3 is 2.46 bits per heavy atom. The molecule has 210 valence electrons. The number of carbonyl (C=O) groups excluding carboxylic acids is 1. The molecule has 0 radical (unpaired) electrons. The average Bonchev–Trinajstić information content (AvgIpc) is 3.56. The van der Waals surface area contributed by atoms with Gasteiger partial charge in [-0.05, 0) is 60.3 Å². The number of ether oxygens (including phenoxy) is 5.